The van der Waals surface area contributed by atoms with Crippen LogP contribution in [0.15, 0.2) is 109 Å². The zero-order chi connectivity index (χ0) is 22.9. The van der Waals surface area contributed by atoms with Gasteiger partial charge in [-0.2, -0.15) is 0 Å². The minimum atomic E-state index is -0.582. The van der Waals surface area contributed by atoms with E-state index in [-0.39, 0.29) is 5.91 Å². The lowest BCUT2D eigenvalue weighted by molar-refractivity contribution is -0.122. The molecule has 0 saturated carbocycles. The van der Waals surface area contributed by atoms with Crippen molar-refractivity contribution < 1.29 is 14.3 Å². The second kappa shape index (κ2) is 11.0. The number of nitrogens with one attached hydrogen (secondary N) is 1. The summed E-state index contributed by atoms with van der Waals surface area (Å²) in [6.07, 6.45) is -0.0218. The van der Waals surface area contributed by atoms with Gasteiger partial charge in [0, 0.05) is 5.69 Å². The number of benzene rings is 4. The maximum Gasteiger partial charge on any atom is 0.265 e. The zero-order valence-corrected chi connectivity index (χ0v) is 18.6. The number of ether oxygens (including phenoxy) is 2. The molecule has 0 aliphatic heterocycles. The standard InChI is InChI=1S/C29H27NO3/c1-2-28(33-27-17-13-24(14-18-27)23-11-7-4-8-12-23)29(31)30-25-15-19-26(20-16-25)32-21-22-9-5-3-6-10-22/h3-20,28H,2,21H2,1H3,(H,30,31). The SMILES string of the molecule is CCC(Oc1ccc(-c2ccccc2)cc1)C(=O)Nc1ccc(OCc2ccccc2)cc1. The molecule has 4 rings (SSSR count). The van der Waals surface area contributed by atoms with E-state index in [4.69, 9.17) is 9.47 Å². The Kier molecular flexibility index (Phi) is 7.39. The molecule has 0 saturated heterocycles. The van der Waals surface area contributed by atoms with Crippen LogP contribution < -0.4 is 14.8 Å². The van der Waals surface area contributed by atoms with Crippen molar-refractivity contribution in [2.24, 2.45) is 0 Å². The van der Waals surface area contributed by atoms with Crippen LogP contribution in [0.25, 0.3) is 11.1 Å². The Morgan fingerprint density at radius 3 is 1.94 bits per heavy atom. The van der Waals surface area contributed by atoms with Gasteiger partial charge in [0.15, 0.2) is 6.10 Å². The molecule has 4 aromatic carbocycles. The van der Waals surface area contributed by atoms with Crippen LogP contribution in [0.2, 0.25) is 0 Å². The van der Waals surface area contributed by atoms with E-state index in [1.165, 1.54) is 0 Å². The summed E-state index contributed by atoms with van der Waals surface area (Å²) in [4.78, 5) is 12.8. The van der Waals surface area contributed by atoms with E-state index >= 15 is 0 Å². The van der Waals surface area contributed by atoms with Crippen molar-refractivity contribution in [1.29, 1.82) is 0 Å². The fraction of sp³-hybridized carbons (Fsp3) is 0.138. The fourth-order valence-corrected chi connectivity index (χ4v) is 3.44. The molecule has 0 bridgehead atoms. The molecule has 4 heteroatoms. The molecule has 1 amide bonds. The lowest BCUT2D eigenvalue weighted by Gasteiger charge is -2.18. The Labute approximate surface area is 194 Å². The van der Waals surface area contributed by atoms with Crippen LogP contribution in [0.4, 0.5) is 5.69 Å². The molecule has 0 radical (unpaired) electrons. The first-order chi connectivity index (χ1) is 16.2. The summed E-state index contributed by atoms with van der Waals surface area (Å²) in [5.41, 5.74) is 4.06. The highest BCUT2D eigenvalue weighted by Gasteiger charge is 2.18. The van der Waals surface area contributed by atoms with Gasteiger partial charge in [0.2, 0.25) is 0 Å². The van der Waals surface area contributed by atoms with Crippen molar-refractivity contribution in [3.05, 3.63) is 115 Å². The first kappa shape index (κ1) is 22.2. The number of rotatable bonds is 9. The van der Waals surface area contributed by atoms with Gasteiger partial charge in [0.1, 0.15) is 18.1 Å². The number of anilines is 1. The first-order valence-electron chi connectivity index (χ1n) is 11.1. The molecule has 0 aliphatic carbocycles. The lowest BCUT2D eigenvalue weighted by atomic mass is 10.1. The van der Waals surface area contributed by atoms with Gasteiger partial charge in [0.05, 0.1) is 0 Å². The number of hydrogen-bond donors (Lipinski definition) is 1. The smallest absolute Gasteiger partial charge is 0.265 e. The van der Waals surface area contributed by atoms with Crippen molar-refractivity contribution in [1.82, 2.24) is 0 Å². The minimum Gasteiger partial charge on any atom is -0.489 e. The van der Waals surface area contributed by atoms with Crippen LogP contribution in [-0.4, -0.2) is 12.0 Å². The highest BCUT2D eigenvalue weighted by atomic mass is 16.5. The quantitative estimate of drug-likeness (QED) is 0.316. The number of carbonyl (C=O) groups is 1. The number of amides is 1. The van der Waals surface area contributed by atoms with Crippen LogP contribution >= 0.6 is 0 Å². The Bertz CT molecular complexity index is 1140. The largest absolute Gasteiger partial charge is 0.489 e. The highest BCUT2D eigenvalue weighted by molar-refractivity contribution is 5.94. The van der Waals surface area contributed by atoms with Crippen LogP contribution in [0.3, 0.4) is 0 Å². The Morgan fingerprint density at radius 1 is 0.727 bits per heavy atom. The Hall–Kier alpha value is -4.05. The van der Waals surface area contributed by atoms with Gasteiger partial charge in [-0.3, -0.25) is 4.79 Å². The molecule has 4 nitrogen and oxygen atoms in total. The average molecular weight is 438 g/mol. The molecule has 1 unspecified atom stereocenters. The number of hydrogen-bond acceptors (Lipinski definition) is 3. The molecule has 166 valence electrons. The van der Waals surface area contributed by atoms with Crippen LogP contribution in [0, 0.1) is 0 Å². The van der Waals surface area contributed by atoms with Crippen molar-refractivity contribution in [3.63, 3.8) is 0 Å². The second-order valence-corrected chi connectivity index (χ2v) is 7.69. The van der Waals surface area contributed by atoms with Gasteiger partial charge in [-0.05, 0) is 59.5 Å². The summed E-state index contributed by atoms with van der Waals surface area (Å²) in [6.45, 7) is 2.43. The van der Waals surface area contributed by atoms with Crippen molar-refractivity contribution in [2.75, 3.05) is 5.32 Å². The molecule has 0 spiro atoms. The van der Waals surface area contributed by atoms with E-state index in [1.807, 2.05) is 104 Å². The predicted octanol–water partition coefficient (Wildman–Crippen LogP) is 6.73. The molecular formula is C29H27NO3. The topological polar surface area (TPSA) is 47.6 Å². The zero-order valence-electron chi connectivity index (χ0n) is 18.6. The first-order valence-corrected chi connectivity index (χ1v) is 11.1. The molecule has 0 aromatic heterocycles. The maximum absolute atomic E-state index is 12.8. The van der Waals surface area contributed by atoms with Gasteiger partial charge in [-0.15, -0.1) is 0 Å². The van der Waals surface area contributed by atoms with Crippen molar-refractivity contribution in [3.8, 4) is 22.6 Å². The highest BCUT2D eigenvalue weighted by Crippen LogP contribution is 2.23. The monoisotopic (exact) mass is 437 g/mol. The van der Waals surface area contributed by atoms with Gasteiger partial charge in [-0.1, -0.05) is 79.7 Å². The molecule has 4 aromatic rings. The summed E-state index contributed by atoms with van der Waals surface area (Å²) in [7, 11) is 0. The average Bonchev–Trinajstić information content (AvgIpc) is 2.88. The molecule has 1 N–H and O–H groups in total. The second-order valence-electron chi connectivity index (χ2n) is 7.69. The predicted molar refractivity (Wildman–Crippen MR) is 132 cm³/mol. The van der Waals surface area contributed by atoms with E-state index in [9.17, 15) is 4.79 Å². The van der Waals surface area contributed by atoms with E-state index in [1.54, 1.807) is 0 Å². The van der Waals surface area contributed by atoms with Gasteiger partial charge < -0.3 is 14.8 Å². The summed E-state index contributed by atoms with van der Waals surface area (Å²) >= 11 is 0. The Morgan fingerprint density at radius 2 is 1.30 bits per heavy atom. The third kappa shape index (κ3) is 6.23. The summed E-state index contributed by atoms with van der Waals surface area (Å²) in [5, 5.41) is 2.93. The van der Waals surface area contributed by atoms with Crippen LogP contribution in [0.1, 0.15) is 18.9 Å². The third-order valence-electron chi connectivity index (χ3n) is 5.27. The maximum atomic E-state index is 12.8. The van der Waals surface area contributed by atoms with E-state index in [0.29, 0.717) is 24.5 Å². The minimum absolute atomic E-state index is 0.178. The van der Waals surface area contributed by atoms with Crippen molar-refractivity contribution >= 4 is 11.6 Å². The summed E-state index contributed by atoms with van der Waals surface area (Å²) in [6, 6.07) is 35.3. The molecule has 0 heterocycles. The number of carbonyl (C=O) groups excluding carboxylic acids is 1. The van der Waals surface area contributed by atoms with Crippen LogP contribution in [-0.2, 0) is 11.4 Å². The molecule has 0 fully saturated rings. The molecule has 33 heavy (non-hydrogen) atoms. The normalized spacial score (nSPS) is 11.4. The molecular weight excluding hydrogens is 410 g/mol. The van der Waals surface area contributed by atoms with Gasteiger partial charge in [-0.25, -0.2) is 0 Å². The Balaban J connectivity index is 1.32. The van der Waals surface area contributed by atoms with Gasteiger partial charge in [0.25, 0.3) is 5.91 Å². The lowest BCUT2D eigenvalue weighted by Crippen LogP contribution is -2.32. The molecule has 1 atom stereocenters. The van der Waals surface area contributed by atoms with E-state index in [2.05, 4.69) is 17.4 Å². The van der Waals surface area contributed by atoms with Crippen LogP contribution in [0.5, 0.6) is 11.5 Å². The third-order valence-corrected chi connectivity index (χ3v) is 5.27. The molecule has 0 aliphatic rings. The summed E-state index contributed by atoms with van der Waals surface area (Å²) in [5.74, 6) is 1.24. The van der Waals surface area contributed by atoms with E-state index in [0.717, 1.165) is 22.4 Å². The van der Waals surface area contributed by atoms with Gasteiger partial charge >= 0.3 is 0 Å². The summed E-state index contributed by atoms with van der Waals surface area (Å²) < 4.78 is 11.8. The van der Waals surface area contributed by atoms with Crippen molar-refractivity contribution in [2.45, 2.75) is 26.1 Å². The fourth-order valence-electron chi connectivity index (χ4n) is 3.44. The van der Waals surface area contributed by atoms with E-state index < -0.39 is 6.10 Å².